The average Bonchev–Trinajstić information content (AvgIpc) is 2.17. The third-order valence-electron chi connectivity index (χ3n) is 2.99. The van der Waals surface area contributed by atoms with Crippen molar-refractivity contribution in [1.82, 2.24) is 15.5 Å². The van der Waals surface area contributed by atoms with Gasteiger partial charge in [0, 0.05) is 25.7 Å². The summed E-state index contributed by atoms with van der Waals surface area (Å²) in [4.78, 5) is 14.0. The minimum Gasteiger partial charge on any atom is -0.353 e. The van der Waals surface area contributed by atoms with Gasteiger partial charge >= 0.3 is 0 Å². The molecule has 88 valence electrons. The lowest BCUT2D eigenvalue weighted by molar-refractivity contribution is -0.130. The molecule has 4 heteroatoms. The van der Waals surface area contributed by atoms with Crippen LogP contribution in [-0.4, -0.2) is 49.6 Å². The van der Waals surface area contributed by atoms with Gasteiger partial charge in [-0.15, -0.1) is 0 Å². The summed E-state index contributed by atoms with van der Waals surface area (Å²) in [5.41, 5.74) is 0. The van der Waals surface area contributed by atoms with Crippen molar-refractivity contribution in [2.75, 3.05) is 26.7 Å². The number of rotatable bonds is 4. The van der Waals surface area contributed by atoms with Gasteiger partial charge in [0.1, 0.15) is 0 Å². The minimum absolute atomic E-state index is 0.0366. The molecular weight excluding hydrogens is 190 g/mol. The third kappa shape index (κ3) is 3.18. The van der Waals surface area contributed by atoms with Crippen LogP contribution in [0.3, 0.4) is 0 Å². The number of likely N-dealkylation sites (N-methyl/N-ethyl adjacent to an activating group) is 1. The van der Waals surface area contributed by atoms with Crippen molar-refractivity contribution in [3.63, 3.8) is 0 Å². The van der Waals surface area contributed by atoms with Crippen LogP contribution in [0.25, 0.3) is 0 Å². The van der Waals surface area contributed by atoms with Crippen LogP contribution in [0.5, 0.6) is 0 Å². The molecule has 0 bridgehead atoms. The van der Waals surface area contributed by atoms with Crippen LogP contribution in [0, 0.1) is 5.92 Å². The molecule has 1 saturated heterocycles. The van der Waals surface area contributed by atoms with Gasteiger partial charge in [-0.1, -0.05) is 13.8 Å². The lowest BCUT2D eigenvalue weighted by atomic mass is 9.99. The summed E-state index contributed by atoms with van der Waals surface area (Å²) < 4.78 is 0. The Labute approximate surface area is 92.4 Å². The molecule has 0 aromatic carbocycles. The Morgan fingerprint density at radius 2 is 2.20 bits per heavy atom. The molecule has 0 aromatic heterocycles. The van der Waals surface area contributed by atoms with Crippen molar-refractivity contribution in [1.29, 1.82) is 0 Å². The zero-order valence-corrected chi connectivity index (χ0v) is 10.2. The summed E-state index contributed by atoms with van der Waals surface area (Å²) in [6, 6.07) is 0.465. The standard InChI is InChI=1S/C11H23N3O/c1-8(2)10-11(15)13-5-6-14(10)7-9(3)12-4/h8-10,12H,5-7H2,1-4H3,(H,13,15). The maximum Gasteiger partial charge on any atom is 0.237 e. The summed E-state index contributed by atoms with van der Waals surface area (Å²) in [7, 11) is 1.96. The lowest BCUT2D eigenvalue weighted by Gasteiger charge is -2.38. The highest BCUT2D eigenvalue weighted by Crippen LogP contribution is 2.14. The van der Waals surface area contributed by atoms with Crippen molar-refractivity contribution in [2.45, 2.75) is 32.9 Å². The Balaban J connectivity index is 2.62. The van der Waals surface area contributed by atoms with Gasteiger partial charge in [0.05, 0.1) is 6.04 Å². The van der Waals surface area contributed by atoms with Crippen LogP contribution >= 0.6 is 0 Å². The highest BCUT2D eigenvalue weighted by Gasteiger charge is 2.32. The largest absolute Gasteiger partial charge is 0.353 e. The fourth-order valence-corrected chi connectivity index (χ4v) is 2.10. The molecule has 1 aliphatic heterocycles. The van der Waals surface area contributed by atoms with Crippen LogP contribution in [-0.2, 0) is 4.79 Å². The van der Waals surface area contributed by atoms with Gasteiger partial charge in [-0.3, -0.25) is 9.69 Å². The molecule has 0 spiro atoms. The molecule has 2 unspecified atom stereocenters. The maximum absolute atomic E-state index is 11.7. The zero-order valence-electron chi connectivity index (χ0n) is 10.2. The van der Waals surface area contributed by atoms with Crippen LogP contribution in [0.1, 0.15) is 20.8 Å². The molecule has 15 heavy (non-hydrogen) atoms. The van der Waals surface area contributed by atoms with E-state index in [-0.39, 0.29) is 11.9 Å². The van der Waals surface area contributed by atoms with E-state index >= 15 is 0 Å². The van der Waals surface area contributed by atoms with E-state index < -0.39 is 0 Å². The summed E-state index contributed by atoms with van der Waals surface area (Å²) in [6.07, 6.45) is 0. The fourth-order valence-electron chi connectivity index (χ4n) is 2.10. The predicted molar refractivity (Wildman–Crippen MR) is 61.7 cm³/mol. The van der Waals surface area contributed by atoms with Gasteiger partial charge in [-0.2, -0.15) is 0 Å². The topological polar surface area (TPSA) is 44.4 Å². The first-order chi connectivity index (χ1) is 7.06. The van der Waals surface area contributed by atoms with Crippen LogP contribution in [0.2, 0.25) is 0 Å². The van der Waals surface area contributed by atoms with E-state index in [9.17, 15) is 4.79 Å². The molecule has 0 aliphatic carbocycles. The zero-order chi connectivity index (χ0) is 11.4. The lowest BCUT2D eigenvalue weighted by Crippen LogP contribution is -2.59. The van der Waals surface area contributed by atoms with Crippen molar-refractivity contribution in [3.8, 4) is 0 Å². The molecule has 1 rings (SSSR count). The smallest absolute Gasteiger partial charge is 0.237 e. The van der Waals surface area contributed by atoms with Gasteiger partial charge in [0.15, 0.2) is 0 Å². The number of hydrogen-bond acceptors (Lipinski definition) is 3. The monoisotopic (exact) mass is 213 g/mol. The highest BCUT2D eigenvalue weighted by atomic mass is 16.2. The first kappa shape index (κ1) is 12.5. The van der Waals surface area contributed by atoms with Gasteiger partial charge in [-0.05, 0) is 19.9 Å². The maximum atomic E-state index is 11.7. The van der Waals surface area contributed by atoms with Crippen LogP contribution in [0.15, 0.2) is 0 Å². The normalized spacial score (nSPS) is 25.4. The molecule has 4 nitrogen and oxygen atoms in total. The van der Waals surface area contributed by atoms with E-state index in [1.807, 2.05) is 7.05 Å². The van der Waals surface area contributed by atoms with Crippen molar-refractivity contribution >= 4 is 5.91 Å². The van der Waals surface area contributed by atoms with Crippen LogP contribution in [0.4, 0.5) is 0 Å². The van der Waals surface area contributed by atoms with E-state index in [2.05, 4.69) is 36.3 Å². The van der Waals surface area contributed by atoms with E-state index in [0.29, 0.717) is 12.0 Å². The SMILES string of the molecule is CNC(C)CN1CCNC(=O)C1C(C)C. The summed E-state index contributed by atoms with van der Waals surface area (Å²) >= 11 is 0. The second kappa shape index (κ2) is 5.47. The molecule has 0 radical (unpaired) electrons. The Morgan fingerprint density at radius 3 is 2.73 bits per heavy atom. The van der Waals surface area contributed by atoms with E-state index in [1.54, 1.807) is 0 Å². The number of carbonyl (C=O) groups is 1. The first-order valence-corrected chi connectivity index (χ1v) is 5.75. The van der Waals surface area contributed by atoms with Crippen LogP contribution < -0.4 is 10.6 Å². The number of nitrogens with one attached hydrogen (secondary N) is 2. The molecule has 2 N–H and O–H groups in total. The van der Waals surface area contributed by atoms with Gasteiger partial charge in [0.2, 0.25) is 5.91 Å². The molecule has 1 fully saturated rings. The Kier molecular flexibility index (Phi) is 4.54. The Hall–Kier alpha value is -0.610. The first-order valence-electron chi connectivity index (χ1n) is 5.75. The van der Waals surface area contributed by atoms with Gasteiger partial charge < -0.3 is 10.6 Å². The number of hydrogen-bond donors (Lipinski definition) is 2. The average molecular weight is 213 g/mol. The molecule has 1 heterocycles. The summed E-state index contributed by atoms with van der Waals surface area (Å²) in [6.45, 7) is 9.02. The van der Waals surface area contributed by atoms with Gasteiger partial charge in [0.25, 0.3) is 0 Å². The van der Waals surface area contributed by atoms with E-state index in [4.69, 9.17) is 0 Å². The van der Waals surface area contributed by atoms with Crippen molar-refractivity contribution in [2.24, 2.45) is 5.92 Å². The fraction of sp³-hybridized carbons (Fsp3) is 0.909. The molecule has 0 saturated carbocycles. The Bertz CT molecular complexity index is 218. The summed E-state index contributed by atoms with van der Waals surface area (Å²) in [5, 5.41) is 6.15. The second-order valence-electron chi connectivity index (χ2n) is 4.66. The molecule has 1 aliphatic rings. The van der Waals surface area contributed by atoms with Gasteiger partial charge in [-0.25, -0.2) is 0 Å². The Morgan fingerprint density at radius 1 is 1.53 bits per heavy atom. The van der Waals surface area contributed by atoms with Crippen molar-refractivity contribution in [3.05, 3.63) is 0 Å². The summed E-state index contributed by atoms with van der Waals surface area (Å²) in [5.74, 6) is 0.550. The molecule has 2 atom stereocenters. The second-order valence-corrected chi connectivity index (χ2v) is 4.66. The molecule has 1 amide bonds. The highest BCUT2D eigenvalue weighted by molar-refractivity contribution is 5.82. The van der Waals surface area contributed by atoms with E-state index in [0.717, 1.165) is 19.6 Å². The minimum atomic E-state index is 0.0366. The number of piperazine rings is 1. The van der Waals surface area contributed by atoms with E-state index in [1.165, 1.54) is 0 Å². The number of nitrogens with zero attached hydrogens (tertiary/aromatic N) is 1. The predicted octanol–water partition coefficient (Wildman–Crippen LogP) is 0.0507. The quantitative estimate of drug-likeness (QED) is 0.693. The molecule has 0 aromatic rings. The third-order valence-corrected chi connectivity index (χ3v) is 2.99. The van der Waals surface area contributed by atoms with Crippen molar-refractivity contribution < 1.29 is 4.79 Å². The number of carbonyl (C=O) groups excluding carboxylic acids is 1. The molecular formula is C11H23N3O. The number of amides is 1.